The van der Waals surface area contributed by atoms with Gasteiger partial charge in [-0.15, -0.1) is 0 Å². The molecule has 2 aromatic carbocycles. The summed E-state index contributed by atoms with van der Waals surface area (Å²) in [4.78, 5) is 29.3. The zero-order valence-electron chi connectivity index (χ0n) is 17.0. The van der Waals surface area contributed by atoms with E-state index in [1.54, 1.807) is 48.3 Å². The molecule has 0 spiro atoms. The summed E-state index contributed by atoms with van der Waals surface area (Å²) in [5, 5.41) is 9.32. The predicted molar refractivity (Wildman–Crippen MR) is 112 cm³/mol. The molecule has 6 nitrogen and oxygen atoms in total. The minimum absolute atomic E-state index is 0.120. The van der Waals surface area contributed by atoms with Crippen LogP contribution in [-0.2, 0) is 9.59 Å². The lowest BCUT2D eigenvalue weighted by Crippen LogP contribution is -2.34. The van der Waals surface area contributed by atoms with Crippen molar-refractivity contribution in [1.82, 2.24) is 4.90 Å². The second-order valence-corrected chi connectivity index (χ2v) is 7.38. The Morgan fingerprint density at radius 3 is 2.24 bits per heavy atom. The summed E-state index contributed by atoms with van der Waals surface area (Å²) in [6, 6.07) is 16.1. The summed E-state index contributed by atoms with van der Waals surface area (Å²) >= 11 is 0. The minimum atomic E-state index is -0.402. The highest BCUT2D eigenvalue weighted by Gasteiger charge is 2.41. The Kier molecular flexibility index (Phi) is 6.34. The van der Waals surface area contributed by atoms with Gasteiger partial charge in [-0.2, -0.15) is 0 Å². The van der Waals surface area contributed by atoms with Crippen LogP contribution in [0.2, 0.25) is 0 Å². The Morgan fingerprint density at radius 1 is 1.00 bits per heavy atom. The van der Waals surface area contributed by atoms with Gasteiger partial charge in [-0.3, -0.25) is 9.59 Å². The molecule has 3 rings (SSSR count). The van der Waals surface area contributed by atoms with Gasteiger partial charge in [0.05, 0.1) is 24.5 Å². The van der Waals surface area contributed by atoms with Crippen LogP contribution in [0.3, 0.4) is 0 Å². The van der Waals surface area contributed by atoms with Gasteiger partial charge in [0, 0.05) is 13.6 Å². The van der Waals surface area contributed by atoms with Gasteiger partial charge in [0.25, 0.3) is 11.8 Å². The second-order valence-electron chi connectivity index (χ2n) is 7.38. The van der Waals surface area contributed by atoms with E-state index >= 15 is 0 Å². The average molecular weight is 394 g/mol. The lowest BCUT2D eigenvalue weighted by Gasteiger charge is -2.20. The topological polar surface area (TPSA) is 70.1 Å². The number of anilines is 1. The summed E-state index contributed by atoms with van der Waals surface area (Å²) in [5.74, 6) is 0.312. The van der Waals surface area contributed by atoms with Crippen molar-refractivity contribution in [2.24, 2.45) is 5.92 Å². The number of imide groups is 1. The Bertz CT molecular complexity index is 904. The number of aliphatic hydroxyl groups excluding tert-OH is 1. The van der Waals surface area contributed by atoms with E-state index in [9.17, 15) is 14.7 Å². The SMILES string of the molecule is CC(C)COc1ccc(N2C(=O)C(c3ccccc3)=C(N(C)CCO)C2=O)cc1. The van der Waals surface area contributed by atoms with Crippen molar-refractivity contribution in [2.45, 2.75) is 13.8 Å². The largest absolute Gasteiger partial charge is 0.493 e. The van der Waals surface area contributed by atoms with Crippen molar-refractivity contribution in [3.8, 4) is 5.75 Å². The molecule has 0 fully saturated rings. The number of benzene rings is 2. The third kappa shape index (κ3) is 4.32. The molecule has 1 N–H and O–H groups in total. The van der Waals surface area contributed by atoms with Gasteiger partial charge in [-0.1, -0.05) is 44.2 Å². The maximum atomic E-state index is 13.3. The molecule has 29 heavy (non-hydrogen) atoms. The number of hydrogen-bond acceptors (Lipinski definition) is 5. The molecule has 0 unspecified atom stereocenters. The van der Waals surface area contributed by atoms with Crippen LogP contribution in [-0.4, -0.2) is 48.6 Å². The van der Waals surface area contributed by atoms with E-state index in [1.165, 1.54) is 4.90 Å². The number of rotatable bonds is 8. The number of carbonyl (C=O) groups is 2. The van der Waals surface area contributed by atoms with Crippen molar-refractivity contribution in [3.05, 3.63) is 65.9 Å². The highest BCUT2D eigenvalue weighted by atomic mass is 16.5. The number of ether oxygens (including phenoxy) is 1. The van der Waals surface area contributed by atoms with Crippen molar-refractivity contribution < 1.29 is 19.4 Å². The first-order valence-corrected chi connectivity index (χ1v) is 9.67. The van der Waals surface area contributed by atoms with Gasteiger partial charge in [-0.05, 0) is 35.7 Å². The monoisotopic (exact) mass is 394 g/mol. The number of carbonyl (C=O) groups excluding carboxylic acids is 2. The van der Waals surface area contributed by atoms with E-state index in [1.807, 2.05) is 18.2 Å². The van der Waals surface area contributed by atoms with Crippen LogP contribution in [0, 0.1) is 5.92 Å². The fourth-order valence-electron chi connectivity index (χ4n) is 3.19. The molecule has 0 bridgehead atoms. The zero-order valence-corrected chi connectivity index (χ0v) is 17.0. The number of hydrogen-bond donors (Lipinski definition) is 1. The van der Waals surface area contributed by atoms with E-state index in [-0.39, 0.29) is 24.8 Å². The summed E-state index contributed by atoms with van der Waals surface area (Å²) in [6.45, 7) is 4.86. The van der Waals surface area contributed by atoms with Gasteiger partial charge in [0.2, 0.25) is 0 Å². The molecule has 2 aromatic rings. The smallest absolute Gasteiger partial charge is 0.282 e. The van der Waals surface area contributed by atoms with Gasteiger partial charge >= 0.3 is 0 Å². The van der Waals surface area contributed by atoms with Crippen LogP contribution in [0.5, 0.6) is 5.75 Å². The molecule has 0 atom stereocenters. The fraction of sp³-hybridized carbons (Fsp3) is 0.304. The highest BCUT2D eigenvalue weighted by molar-refractivity contribution is 6.45. The van der Waals surface area contributed by atoms with Gasteiger partial charge < -0.3 is 14.7 Å². The Labute approximate surface area is 171 Å². The van der Waals surface area contributed by atoms with Crippen molar-refractivity contribution in [1.29, 1.82) is 0 Å². The van der Waals surface area contributed by atoms with Gasteiger partial charge in [0.1, 0.15) is 11.4 Å². The Hall–Kier alpha value is -3.12. The second kappa shape index (κ2) is 8.92. The van der Waals surface area contributed by atoms with Crippen LogP contribution in [0.1, 0.15) is 19.4 Å². The molecule has 0 saturated heterocycles. The van der Waals surface area contributed by atoms with Crippen LogP contribution in [0.15, 0.2) is 60.3 Å². The molecule has 0 radical (unpaired) electrons. The predicted octanol–water partition coefficient (Wildman–Crippen LogP) is 2.93. The Balaban J connectivity index is 1.95. The van der Waals surface area contributed by atoms with E-state index < -0.39 is 5.91 Å². The molecular weight excluding hydrogens is 368 g/mol. The molecule has 0 aliphatic carbocycles. The van der Waals surface area contributed by atoms with Crippen molar-refractivity contribution >= 4 is 23.1 Å². The first-order valence-electron chi connectivity index (χ1n) is 9.67. The van der Waals surface area contributed by atoms with E-state index in [0.717, 1.165) is 0 Å². The van der Waals surface area contributed by atoms with Gasteiger partial charge in [-0.25, -0.2) is 4.90 Å². The third-order valence-electron chi connectivity index (χ3n) is 4.62. The minimum Gasteiger partial charge on any atom is -0.493 e. The normalized spacial score (nSPS) is 14.2. The summed E-state index contributed by atoms with van der Waals surface area (Å²) in [5.41, 5.74) is 1.78. The molecule has 152 valence electrons. The standard InChI is InChI=1S/C23H26N2O4/c1-16(2)15-29-19-11-9-18(10-12-19)25-22(27)20(17-7-5-4-6-8-17)21(23(25)28)24(3)13-14-26/h4-12,16,26H,13-15H2,1-3H3. The summed E-state index contributed by atoms with van der Waals surface area (Å²) in [7, 11) is 1.70. The maximum absolute atomic E-state index is 13.3. The van der Waals surface area contributed by atoms with E-state index in [2.05, 4.69) is 13.8 Å². The fourth-order valence-corrected chi connectivity index (χ4v) is 3.19. The number of amides is 2. The number of likely N-dealkylation sites (N-methyl/N-ethyl adjacent to an activating group) is 1. The number of nitrogens with zero attached hydrogens (tertiary/aromatic N) is 2. The van der Waals surface area contributed by atoms with Crippen LogP contribution in [0.25, 0.3) is 5.57 Å². The highest BCUT2D eigenvalue weighted by Crippen LogP contribution is 2.34. The molecule has 6 heteroatoms. The van der Waals surface area contributed by atoms with Crippen LogP contribution in [0.4, 0.5) is 5.69 Å². The molecule has 2 amide bonds. The quantitative estimate of drug-likeness (QED) is 0.697. The lowest BCUT2D eigenvalue weighted by atomic mass is 10.0. The van der Waals surface area contributed by atoms with E-state index in [4.69, 9.17) is 4.74 Å². The van der Waals surface area contributed by atoms with Crippen molar-refractivity contribution in [2.75, 3.05) is 31.7 Å². The lowest BCUT2D eigenvalue weighted by molar-refractivity contribution is -0.120. The van der Waals surface area contributed by atoms with Crippen LogP contribution >= 0.6 is 0 Å². The zero-order chi connectivity index (χ0) is 21.0. The summed E-state index contributed by atoms with van der Waals surface area (Å²) in [6.07, 6.45) is 0. The molecule has 1 aliphatic rings. The molecule has 1 aliphatic heterocycles. The molecular formula is C23H26N2O4. The van der Waals surface area contributed by atoms with Crippen molar-refractivity contribution in [3.63, 3.8) is 0 Å². The number of aliphatic hydroxyl groups is 1. The molecule has 1 heterocycles. The first-order chi connectivity index (χ1) is 13.9. The third-order valence-corrected chi connectivity index (χ3v) is 4.62. The molecule has 0 aromatic heterocycles. The Morgan fingerprint density at radius 2 is 1.66 bits per heavy atom. The van der Waals surface area contributed by atoms with Gasteiger partial charge in [0.15, 0.2) is 0 Å². The van der Waals surface area contributed by atoms with Crippen LogP contribution < -0.4 is 9.64 Å². The maximum Gasteiger partial charge on any atom is 0.282 e. The molecule has 0 saturated carbocycles. The summed E-state index contributed by atoms with van der Waals surface area (Å²) < 4.78 is 5.69. The van der Waals surface area contributed by atoms with E-state index in [0.29, 0.717) is 35.1 Å². The average Bonchev–Trinajstić information content (AvgIpc) is 2.98. The first kappa shape index (κ1) is 20.6.